The number of para-hydroxylation sites is 1. The molecule has 0 radical (unpaired) electrons. The van der Waals surface area contributed by atoms with Crippen molar-refractivity contribution in [3.8, 4) is 22.3 Å². The molecule has 0 saturated carbocycles. The maximum absolute atomic E-state index is 2.49. The second kappa shape index (κ2) is 15.2. The van der Waals surface area contributed by atoms with Crippen LogP contribution in [0.1, 0.15) is 75.3 Å². The summed E-state index contributed by atoms with van der Waals surface area (Å²) in [5, 5.41) is 0. The molecule has 9 aromatic carbocycles. The molecule has 0 fully saturated rings. The highest BCUT2D eigenvalue weighted by atomic mass is 15.1. The minimum atomic E-state index is -0.647. The van der Waals surface area contributed by atoms with Crippen LogP contribution in [0.4, 0.5) is 17.1 Å². The zero-order valence-electron chi connectivity index (χ0n) is 35.2. The molecule has 3 aliphatic carbocycles. The maximum atomic E-state index is 2.49. The van der Waals surface area contributed by atoms with E-state index in [0.29, 0.717) is 5.92 Å². The van der Waals surface area contributed by atoms with Gasteiger partial charge in [0, 0.05) is 23.0 Å². The number of hydrogen-bond acceptors (Lipinski definition) is 1. The van der Waals surface area contributed by atoms with Gasteiger partial charge >= 0.3 is 0 Å². The zero-order chi connectivity index (χ0) is 41.8. The molecule has 1 heteroatoms. The van der Waals surface area contributed by atoms with Crippen LogP contribution in [0, 0.1) is 0 Å². The monoisotopic (exact) mass is 805 g/mol. The van der Waals surface area contributed by atoms with E-state index in [1.54, 1.807) is 0 Å². The van der Waals surface area contributed by atoms with Gasteiger partial charge in [-0.05, 0) is 128 Å². The Balaban J connectivity index is 1.15. The molecule has 3 unspecified atom stereocenters. The van der Waals surface area contributed by atoms with Crippen LogP contribution in [0.3, 0.4) is 0 Å². The summed E-state index contributed by atoms with van der Waals surface area (Å²) in [5.74, 6) is 0.374. The average Bonchev–Trinajstić information content (AvgIpc) is 3.68. The Morgan fingerprint density at radius 2 is 0.937 bits per heavy atom. The fourth-order valence-electron chi connectivity index (χ4n) is 11.6. The van der Waals surface area contributed by atoms with Crippen molar-refractivity contribution < 1.29 is 0 Å². The van der Waals surface area contributed by atoms with E-state index in [-0.39, 0.29) is 0 Å². The van der Waals surface area contributed by atoms with Crippen molar-refractivity contribution in [2.75, 3.05) is 4.90 Å². The van der Waals surface area contributed by atoms with Crippen LogP contribution in [0.15, 0.2) is 243 Å². The Bertz CT molecular complexity index is 3150. The highest BCUT2D eigenvalue weighted by Gasteiger charge is 2.57. The lowest BCUT2D eigenvalue weighted by atomic mass is 9.51. The number of anilines is 3. The maximum Gasteiger partial charge on any atom is 0.0720 e. The van der Waals surface area contributed by atoms with Gasteiger partial charge in [0.2, 0.25) is 0 Å². The number of benzene rings is 9. The number of rotatable bonds is 8. The zero-order valence-corrected chi connectivity index (χ0v) is 35.2. The van der Waals surface area contributed by atoms with Gasteiger partial charge in [-0.15, -0.1) is 0 Å². The molecule has 0 aliphatic heterocycles. The molecular weight excluding hydrogens is 759 g/mol. The number of fused-ring (bicyclic) bond motifs is 5. The summed E-state index contributed by atoms with van der Waals surface area (Å²) in [7, 11) is 0. The summed E-state index contributed by atoms with van der Waals surface area (Å²) < 4.78 is 0. The molecule has 0 spiro atoms. The van der Waals surface area contributed by atoms with E-state index in [0.717, 1.165) is 29.9 Å². The number of hydrogen-bond donors (Lipinski definition) is 0. The second-order valence-corrected chi connectivity index (χ2v) is 17.4. The van der Waals surface area contributed by atoms with E-state index in [4.69, 9.17) is 0 Å². The SMILES string of the molecule is C1=CC(c2cc(-c3ccccc3)cc(N(c3ccccc3)c3cccc(C4(c5ccccc5)c5ccccc5C5(c6ccccc6)c6ccccc6-c6cccc4c65)c3)c2)CCC1. The van der Waals surface area contributed by atoms with E-state index in [9.17, 15) is 0 Å². The summed E-state index contributed by atoms with van der Waals surface area (Å²) in [4.78, 5) is 2.49. The highest BCUT2D eigenvalue weighted by molar-refractivity contribution is 5.92. The minimum absolute atomic E-state index is 0.374. The molecule has 0 bridgehead atoms. The van der Waals surface area contributed by atoms with Crippen LogP contribution < -0.4 is 4.90 Å². The van der Waals surface area contributed by atoms with E-state index in [1.807, 2.05) is 0 Å². The summed E-state index contributed by atoms with van der Waals surface area (Å²) >= 11 is 0. The molecule has 0 saturated heterocycles. The third kappa shape index (κ3) is 5.69. The van der Waals surface area contributed by atoms with Crippen LogP contribution >= 0.6 is 0 Å². The molecule has 0 heterocycles. The first kappa shape index (κ1) is 37.3. The minimum Gasteiger partial charge on any atom is -0.310 e. The number of allylic oxidation sites excluding steroid dienone is 2. The molecule has 1 nitrogen and oxygen atoms in total. The van der Waals surface area contributed by atoms with E-state index in [1.165, 1.54) is 78.7 Å². The summed E-state index contributed by atoms with van der Waals surface area (Å²) in [6.45, 7) is 0. The third-order valence-electron chi connectivity index (χ3n) is 14.2. The Morgan fingerprint density at radius 3 is 1.65 bits per heavy atom. The van der Waals surface area contributed by atoms with Gasteiger partial charge in [-0.2, -0.15) is 0 Å². The van der Waals surface area contributed by atoms with Gasteiger partial charge in [-0.25, -0.2) is 0 Å². The Kier molecular flexibility index (Phi) is 8.97. The highest BCUT2D eigenvalue weighted by Crippen LogP contribution is 2.66. The fourth-order valence-corrected chi connectivity index (χ4v) is 11.6. The number of nitrogens with zero attached hydrogens (tertiary/aromatic N) is 1. The predicted molar refractivity (Wildman–Crippen MR) is 261 cm³/mol. The van der Waals surface area contributed by atoms with Crippen molar-refractivity contribution in [2.45, 2.75) is 36.0 Å². The lowest BCUT2D eigenvalue weighted by molar-refractivity contribution is 0.627. The normalized spacial score (nSPS) is 19.1. The van der Waals surface area contributed by atoms with Gasteiger partial charge in [0.25, 0.3) is 0 Å². The first-order chi connectivity index (χ1) is 31.3. The van der Waals surface area contributed by atoms with Crippen molar-refractivity contribution in [1.29, 1.82) is 0 Å². The molecule has 300 valence electrons. The Labute approximate surface area is 371 Å². The summed E-state index contributed by atoms with van der Waals surface area (Å²) in [6, 6.07) is 86.6. The Morgan fingerprint density at radius 1 is 0.381 bits per heavy atom. The molecular formula is C62H47N. The van der Waals surface area contributed by atoms with Crippen molar-refractivity contribution >= 4 is 17.1 Å². The summed E-state index contributed by atoms with van der Waals surface area (Å²) in [5.41, 5.74) is 19.2. The van der Waals surface area contributed by atoms with Crippen molar-refractivity contribution in [1.82, 2.24) is 0 Å². The van der Waals surface area contributed by atoms with E-state index >= 15 is 0 Å². The fraction of sp³-hybridized carbons (Fsp3) is 0.0968. The molecule has 3 atom stereocenters. The Hall–Kier alpha value is -7.48. The topological polar surface area (TPSA) is 3.24 Å². The molecule has 0 N–H and O–H groups in total. The van der Waals surface area contributed by atoms with Gasteiger partial charge in [-0.3, -0.25) is 0 Å². The smallest absolute Gasteiger partial charge is 0.0720 e. The average molecular weight is 806 g/mol. The van der Waals surface area contributed by atoms with Crippen LogP contribution in [-0.2, 0) is 10.8 Å². The van der Waals surface area contributed by atoms with Gasteiger partial charge in [0.15, 0.2) is 0 Å². The second-order valence-electron chi connectivity index (χ2n) is 17.4. The van der Waals surface area contributed by atoms with Crippen molar-refractivity contribution in [3.63, 3.8) is 0 Å². The first-order valence-corrected chi connectivity index (χ1v) is 22.5. The van der Waals surface area contributed by atoms with Crippen molar-refractivity contribution in [2.24, 2.45) is 0 Å². The van der Waals surface area contributed by atoms with Crippen molar-refractivity contribution in [3.05, 3.63) is 293 Å². The molecule has 63 heavy (non-hydrogen) atoms. The van der Waals surface area contributed by atoms with Gasteiger partial charge < -0.3 is 4.90 Å². The predicted octanol–water partition coefficient (Wildman–Crippen LogP) is 15.7. The lowest BCUT2D eigenvalue weighted by Gasteiger charge is -2.49. The van der Waals surface area contributed by atoms with Crippen LogP contribution in [0.2, 0.25) is 0 Å². The van der Waals surface area contributed by atoms with Gasteiger partial charge in [-0.1, -0.05) is 206 Å². The largest absolute Gasteiger partial charge is 0.310 e. The molecule has 0 amide bonds. The molecule has 12 rings (SSSR count). The van der Waals surface area contributed by atoms with E-state index in [2.05, 4.69) is 248 Å². The summed E-state index contributed by atoms with van der Waals surface area (Å²) in [6.07, 6.45) is 8.32. The van der Waals surface area contributed by atoms with Gasteiger partial charge in [0.1, 0.15) is 0 Å². The van der Waals surface area contributed by atoms with Crippen LogP contribution in [0.25, 0.3) is 22.3 Å². The van der Waals surface area contributed by atoms with E-state index < -0.39 is 10.8 Å². The quantitative estimate of drug-likeness (QED) is 0.138. The molecule has 0 aromatic heterocycles. The standard InChI is InChI=1S/C62H47N/c1-6-22-44(23-7-1)46-40-47(45-24-8-2-9-25-45)42-53(41-46)63(51-31-14-5-15-32-51)52-33-20-30-50(43-52)61(48-26-10-3-11-27-48)57-37-18-19-38-58(57)62(49-28-12-4-13-29-49)56-36-17-16-34-54(56)55-35-21-39-59(61)60(55)62/h1,3-8,10-24,26-43,45H,2,9,25H2. The first-order valence-electron chi connectivity index (χ1n) is 22.5. The van der Waals surface area contributed by atoms with Gasteiger partial charge in [0.05, 0.1) is 10.8 Å². The molecule has 9 aromatic rings. The van der Waals surface area contributed by atoms with Crippen LogP contribution in [0.5, 0.6) is 0 Å². The van der Waals surface area contributed by atoms with Crippen LogP contribution in [-0.4, -0.2) is 0 Å². The molecule has 3 aliphatic rings. The third-order valence-corrected chi connectivity index (χ3v) is 14.2. The lowest BCUT2D eigenvalue weighted by Crippen LogP contribution is -2.44.